The van der Waals surface area contributed by atoms with Crippen LogP contribution in [0.1, 0.15) is 11.1 Å². The summed E-state index contributed by atoms with van der Waals surface area (Å²) in [4.78, 5) is 15.7. The second kappa shape index (κ2) is 5.40. The van der Waals surface area contributed by atoms with Gasteiger partial charge in [-0.1, -0.05) is 18.2 Å². The minimum Gasteiger partial charge on any atom is -0.310 e. The number of pyridine rings is 1. The highest BCUT2D eigenvalue weighted by Crippen LogP contribution is 2.09. The average molecular weight is 244 g/mol. The molecule has 0 fully saturated rings. The number of hydrogen-bond donors (Lipinski definition) is 1. The second-order valence-corrected chi connectivity index (χ2v) is 4.03. The molecule has 0 unspecified atom stereocenters. The van der Waals surface area contributed by atoms with Gasteiger partial charge in [0.05, 0.1) is 6.42 Å². The zero-order chi connectivity index (χ0) is 13.0. The number of rotatable bonds is 3. The molecule has 4 heteroatoms. The van der Waals surface area contributed by atoms with Crippen molar-refractivity contribution in [1.29, 1.82) is 0 Å². The van der Waals surface area contributed by atoms with Crippen LogP contribution in [0.3, 0.4) is 0 Å². The lowest BCUT2D eigenvalue weighted by atomic mass is 10.1. The molecule has 0 bridgehead atoms. The number of carbonyl (C=O) groups excluding carboxylic acids is 1. The zero-order valence-electron chi connectivity index (χ0n) is 9.98. The molecule has 3 nitrogen and oxygen atoms in total. The van der Waals surface area contributed by atoms with Gasteiger partial charge in [-0.15, -0.1) is 0 Å². The summed E-state index contributed by atoms with van der Waals surface area (Å²) in [5.74, 6) is -0.167. The number of nitrogens with zero attached hydrogens (tertiary/aromatic N) is 1. The topological polar surface area (TPSA) is 42.0 Å². The first-order chi connectivity index (χ1) is 8.65. The molecule has 1 amide bonds. The van der Waals surface area contributed by atoms with Crippen LogP contribution in [0.2, 0.25) is 0 Å². The highest BCUT2D eigenvalue weighted by Gasteiger charge is 2.08. The fraction of sp³-hybridized carbons (Fsp3) is 0.143. The molecule has 2 aromatic rings. The molecule has 1 N–H and O–H groups in total. The molecule has 0 atom stereocenters. The number of benzene rings is 1. The SMILES string of the molecule is Cc1ccnc(NC(=O)Cc2ccccc2F)c1. The van der Waals surface area contributed by atoms with E-state index in [1.54, 1.807) is 30.5 Å². The normalized spacial score (nSPS) is 10.1. The molecule has 0 saturated heterocycles. The summed E-state index contributed by atoms with van der Waals surface area (Å²) in [7, 11) is 0. The van der Waals surface area contributed by atoms with Gasteiger partial charge in [-0.2, -0.15) is 0 Å². The van der Waals surface area contributed by atoms with Gasteiger partial charge in [0, 0.05) is 6.20 Å². The summed E-state index contributed by atoms with van der Waals surface area (Å²) in [5, 5.41) is 2.64. The van der Waals surface area contributed by atoms with Crippen LogP contribution in [-0.4, -0.2) is 10.9 Å². The molecule has 1 heterocycles. The van der Waals surface area contributed by atoms with Crippen molar-refractivity contribution in [1.82, 2.24) is 4.98 Å². The average Bonchev–Trinajstić information content (AvgIpc) is 2.32. The van der Waals surface area contributed by atoms with Crippen LogP contribution in [0.25, 0.3) is 0 Å². The Morgan fingerprint density at radius 3 is 2.83 bits per heavy atom. The second-order valence-electron chi connectivity index (χ2n) is 4.03. The van der Waals surface area contributed by atoms with Crippen molar-refractivity contribution in [2.75, 3.05) is 5.32 Å². The molecule has 1 aromatic carbocycles. The molecule has 18 heavy (non-hydrogen) atoms. The van der Waals surface area contributed by atoms with E-state index in [2.05, 4.69) is 10.3 Å². The van der Waals surface area contributed by atoms with Crippen molar-refractivity contribution < 1.29 is 9.18 Å². The molecule has 0 aliphatic rings. The highest BCUT2D eigenvalue weighted by molar-refractivity contribution is 5.91. The van der Waals surface area contributed by atoms with Crippen LogP contribution < -0.4 is 5.32 Å². The lowest BCUT2D eigenvalue weighted by Gasteiger charge is -2.05. The third kappa shape index (κ3) is 3.13. The van der Waals surface area contributed by atoms with E-state index in [0.29, 0.717) is 11.4 Å². The van der Waals surface area contributed by atoms with E-state index in [9.17, 15) is 9.18 Å². The lowest BCUT2D eigenvalue weighted by Crippen LogP contribution is -2.16. The minimum atomic E-state index is -0.371. The number of aromatic nitrogens is 1. The Labute approximate surface area is 105 Å². The summed E-state index contributed by atoms with van der Waals surface area (Å²) in [6.07, 6.45) is 1.62. The molecular formula is C14H13FN2O. The smallest absolute Gasteiger partial charge is 0.230 e. The summed E-state index contributed by atoms with van der Waals surface area (Å²) in [6.45, 7) is 1.91. The van der Waals surface area contributed by atoms with Gasteiger partial charge in [0.25, 0.3) is 0 Å². The van der Waals surface area contributed by atoms with E-state index < -0.39 is 0 Å². The van der Waals surface area contributed by atoms with Gasteiger partial charge in [-0.05, 0) is 36.2 Å². The van der Waals surface area contributed by atoms with Gasteiger partial charge < -0.3 is 5.32 Å². The maximum atomic E-state index is 13.4. The van der Waals surface area contributed by atoms with E-state index in [-0.39, 0.29) is 18.1 Å². The Hall–Kier alpha value is -2.23. The Bertz CT molecular complexity index is 569. The predicted octanol–water partition coefficient (Wildman–Crippen LogP) is 2.71. The maximum Gasteiger partial charge on any atom is 0.230 e. The Balaban J connectivity index is 2.03. The standard InChI is InChI=1S/C14H13FN2O/c1-10-6-7-16-13(8-10)17-14(18)9-11-4-2-3-5-12(11)15/h2-8H,9H2,1H3,(H,16,17,18). The van der Waals surface area contributed by atoms with Crippen molar-refractivity contribution in [3.8, 4) is 0 Å². The third-order valence-electron chi connectivity index (χ3n) is 2.49. The molecular weight excluding hydrogens is 231 g/mol. The lowest BCUT2D eigenvalue weighted by molar-refractivity contribution is -0.115. The van der Waals surface area contributed by atoms with E-state index in [1.165, 1.54) is 6.07 Å². The molecule has 2 rings (SSSR count). The first kappa shape index (κ1) is 12.2. The fourth-order valence-corrected chi connectivity index (χ4v) is 1.61. The van der Waals surface area contributed by atoms with Crippen LogP contribution in [-0.2, 0) is 11.2 Å². The van der Waals surface area contributed by atoms with Crippen LogP contribution in [0.15, 0.2) is 42.6 Å². The largest absolute Gasteiger partial charge is 0.310 e. The van der Waals surface area contributed by atoms with Gasteiger partial charge in [-0.25, -0.2) is 9.37 Å². The van der Waals surface area contributed by atoms with Gasteiger partial charge in [0.15, 0.2) is 0 Å². The monoisotopic (exact) mass is 244 g/mol. The molecule has 1 aromatic heterocycles. The zero-order valence-corrected chi connectivity index (χ0v) is 9.98. The van der Waals surface area contributed by atoms with Crippen LogP contribution >= 0.6 is 0 Å². The number of aryl methyl sites for hydroxylation is 1. The van der Waals surface area contributed by atoms with Gasteiger partial charge >= 0.3 is 0 Å². The molecule has 92 valence electrons. The van der Waals surface area contributed by atoms with Gasteiger partial charge in [0.2, 0.25) is 5.91 Å². The quantitative estimate of drug-likeness (QED) is 0.902. The summed E-state index contributed by atoms with van der Waals surface area (Å²) >= 11 is 0. The summed E-state index contributed by atoms with van der Waals surface area (Å²) in [5.41, 5.74) is 1.38. The number of anilines is 1. The van der Waals surface area contributed by atoms with Crippen molar-refractivity contribution >= 4 is 11.7 Å². The Morgan fingerprint density at radius 2 is 2.11 bits per heavy atom. The highest BCUT2D eigenvalue weighted by atomic mass is 19.1. The fourth-order valence-electron chi connectivity index (χ4n) is 1.61. The molecule has 0 saturated carbocycles. The number of amides is 1. The van der Waals surface area contributed by atoms with Gasteiger partial charge in [0.1, 0.15) is 11.6 Å². The van der Waals surface area contributed by atoms with Crippen molar-refractivity contribution in [2.45, 2.75) is 13.3 Å². The van der Waals surface area contributed by atoms with E-state index in [0.717, 1.165) is 5.56 Å². The van der Waals surface area contributed by atoms with E-state index in [1.807, 2.05) is 13.0 Å². The van der Waals surface area contributed by atoms with Gasteiger partial charge in [-0.3, -0.25) is 4.79 Å². The van der Waals surface area contributed by atoms with Crippen LogP contribution in [0.5, 0.6) is 0 Å². The number of carbonyl (C=O) groups is 1. The summed E-state index contributed by atoms with van der Waals surface area (Å²) in [6, 6.07) is 9.84. The Morgan fingerprint density at radius 1 is 1.33 bits per heavy atom. The molecule has 0 aliphatic heterocycles. The van der Waals surface area contributed by atoms with Crippen molar-refractivity contribution in [3.63, 3.8) is 0 Å². The minimum absolute atomic E-state index is 0.00228. The first-order valence-corrected chi connectivity index (χ1v) is 5.61. The molecule has 0 spiro atoms. The number of hydrogen-bond acceptors (Lipinski definition) is 2. The van der Waals surface area contributed by atoms with Crippen LogP contribution in [0.4, 0.5) is 10.2 Å². The molecule has 0 radical (unpaired) electrons. The molecule has 0 aliphatic carbocycles. The third-order valence-corrected chi connectivity index (χ3v) is 2.49. The van der Waals surface area contributed by atoms with Crippen molar-refractivity contribution in [3.05, 3.63) is 59.5 Å². The predicted molar refractivity (Wildman–Crippen MR) is 67.7 cm³/mol. The van der Waals surface area contributed by atoms with E-state index >= 15 is 0 Å². The number of nitrogens with one attached hydrogen (secondary N) is 1. The summed E-state index contributed by atoms with van der Waals surface area (Å²) < 4.78 is 13.4. The Kier molecular flexibility index (Phi) is 3.67. The maximum absolute atomic E-state index is 13.4. The van der Waals surface area contributed by atoms with Crippen molar-refractivity contribution in [2.24, 2.45) is 0 Å². The number of halogens is 1. The first-order valence-electron chi connectivity index (χ1n) is 5.61. The van der Waals surface area contributed by atoms with E-state index in [4.69, 9.17) is 0 Å². The van der Waals surface area contributed by atoms with Crippen LogP contribution in [0, 0.1) is 12.7 Å².